The maximum Gasteiger partial charge on any atom is 0.387 e. The third-order valence-corrected chi connectivity index (χ3v) is 3.65. The lowest BCUT2D eigenvalue weighted by molar-refractivity contribution is -0.148. The van der Waals surface area contributed by atoms with Crippen molar-refractivity contribution in [2.75, 3.05) is 5.32 Å². The fraction of sp³-hybridized carbons (Fsp3) is 0.158. The molecule has 0 saturated carbocycles. The van der Waals surface area contributed by atoms with Gasteiger partial charge in [0.05, 0.1) is 5.02 Å². The number of esters is 1. The molecule has 0 aliphatic rings. The number of hydrogen-bond donors (Lipinski definition) is 1. The molecular formula is C19H15ClF3NO4. The number of halogens is 4. The van der Waals surface area contributed by atoms with Crippen LogP contribution in [0.2, 0.25) is 5.02 Å². The molecule has 148 valence electrons. The second-order valence-corrected chi connectivity index (χ2v) is 5.88. The zero-order chi connectivity index (χ0) is 20.7. The van der Waals surface area contributed by atoms with Crippen molar-refractivity contribution in [1.82, 2.24) is 0 Å². The Morgan fingerprint density at radius 2 is 1.82 bits per heavy atom. The molecule has 2 aromatic carbocycles. The number of hydrogen-bond acceptors (Lipinski definition) is 4. The number of nitrogens with one attached hydrogen (secondary N) is 1. The SMILES string of the molecule is CC(OC(=O)/C=C/c1ccc(F)cc1)C(=O)Nc1ccc(OC(F)F)c(Cl)c1. The summed E-state index contributed by atoms with van der Waals surface area (Å²) in [5, 5.41) is 2.32. The molecule has 1 amide bonds. The van der Waals surface area contributed by atoms with Gasteiger partial charge in [0.2, 0.25) is 0 Å². The Morgan fingerprint density at radius 1 is 1.14 bits per heavy atom. The minimum absolute atomic E-state index is 0.120. The van der Waals surface area contributed by atoms with Crippen molar-refractivity contribution in [1.29, 1.82) is 0 Å². The zero-order valence-electron chi connectivity index (χ0n) is 14.5. The Hall–Kier alpha value is -3.00. The summed E-state index contributed by atoms with van der Waals surface area (Å²) in [4.78, 5) is 23.9. The first-order chi connectivity index (χ1) is 13.2. The van der Waals surface area contributed by atoms with Crippen LogP contribution < -0.4 is 10.1 Å². The summed E-state index contributed by atoms with van der Waals surface area (Å²) >= 11 is 5.80. The summed E-state index contributed by atoms with van der Waals surface area (Å²) in [6.07, 6.45) is 1.37. The number of alkyl halides is 2. The smallest absolute Gasteiger partial charge is 0.387 e. The third-order valence-electron chi connectivity index (χ3n) is 3.36. The van der Waals surface area contributed by atoms with Crippen LogP contribution in [0.15, 0.2) is 48.5 Å². The van der Waals surface area contributed by atoms with Gasteiger partial charge in [0.1, 0.15) is 11.6 Å². The standard InChI is InChI=1S/C19H15ClF3NO4/c1-11(27-17(25)9-4-12-2-5-13(21)6-3-12)18(26)24-14-7-8-16(15(20)10-14)28-19(22)23/h2-11,19H,1H3,(H,24,26)/b9-4+. The molecule has 28 heavy (non-hydrogen) atoms. The fourth-order valence-corrected chi connectivity index (χ4v) is 2.24. The van der Waals surface area contributed by atoms with Crippen LogP contribution in [0, 0.1) is 5.82 Å². The summed E-state index contributed by atoms with van der Waals surface area (Å²) in [6.45, 7) is -1.67. The van der Waals surface area contributed by atoms with E-state index in [1.807, 2.05) is 0 Å². The molecule has 0 bridgehead atoms. The van der Waals surface area contributed by atoms with Crippen LogP contribution in [0.5, 0.6) is 5.75 Å². The molecule has 0 heterocycles. The van der Waals surface area contributed by atoms with Gasteiger partial charge in [-0.2, -0.15) is 8.78 Å². The fourth-order valence-electron chi connectivity index (χ4n) is 2.02. The number of ether oxygens (including phenoxy) is 2. The van der Waals surface area contributed by atoms with Crippen molar-refractivity contribution in [3.05, 3.63) is 64.9 Å². The minimum Gasteiger partial charge on any atom is -0.449 e. The van der Waals surface area contributed by atoms with E-state index < -0.39 is 30.4 Å². The lowest BCUT2D eigenvalue weighted by atomic mass is 10.2. The predicted octanol–water partition coefficient (Wildman–Crippen LogP) is 4.66. The number of amides is 1. The molecule has 9 heteroatoms. The van der Waals surface area contributed by atoms with Gasteiger partial charge in [-0.15, -0.1) is 0 Å². The number of anilines is 1. The van der Waals surface area contributed by atoms with Gasteiger partial charge in [-0.05, 0) is 48.9 Å². The molecular weight excluding hydrogens is 399 g/mol. The highest BCUT2D eigenvalue weighted by atomic mass is 35.5. The molecule has 0 radical (unpaired) electrons. The molecule has 1 unspecified atom stereocenters. The first kappa shape index (κ1) is 21.3. The number of carbonyl (C=O) groups is 2. The minimum atomic E-state index is -3.03. The summed E-state index contributed by atoms with van der Waals surface area (Å²) in [6, 6.07) is 9.13. The van der Waals surface area contributed by atoms with Crippen molar-refractivity contribution in [2.24, 2.45) is 0 Å². The van der Waals surface area contributed by atoms with E-state index >= 15 is 0 Å². The van der Waals surface area contributed by atoms with Crippen molar-refractivity contribution < 1.29 is 32.2 Å². The van der Waals surface area contributed by atoms with Crippen LogP contribution in [-0.2, 0) is 14.3 Å². The lowest BCUT2D eigenvalue weighted by Crippen LogP contribution is -2.29. The van der Waals surface area contributed by atoms with E-state index in [-0.39, 0.29) is 16.5 Å². The van der Waals surface area contributed by atoms with Gasteiger partial charge in [0.25, 0.3) is 5.91 Å². The third kappa shape index (κ3) is 6.62. The van der Waals surface area contributed by atoms with Crippen LogP contribution in [0.3, 0.4) is 0 Å². The van der Waals surface area contributed by atoms with Gasteiger partial charge < -0.3 is 14.8 Å². The Labute approximate surface area is 163 Å². The molecule has 0 fully saturated rings. The highest BCUT2D eigenvalue weighted by Crippen LogP contribution is 2.29. The van der Waals surface area contributed by atoms with E-state index in [0.717, 1.165) is 6.08 Å². The average Bonchev–Trinajstić information content (AvgIpc) is 2.63. The van der Waals surface area contributed by atoms with Crippen LogP contribution in [-0.4, -0.2) is 24.6 Å². The highest BCUT2D eigenvalue weighted by Gasteiger charge is 2.17. The predicted molar refractivity (Wildman–Crippen MR) is 97.7 cm³/mol. The lowest BCUT2D eigenvalue weighted by Gasteiger charge is -2.13. The first-order valence-corrected chi connectivity index (χ1v) is 8.32. The van der Waals surface area contributed by atoms with E-state index in [9.17, 15) is 22.8 Å². The molecule has 0 aliphatic heterocycles. The molecule has 0 aromatic heterocycles. The van der Waals surface area contributed by atoms with Gasteiger partial charge >= 0.3 is 12.6 Å². The van der Waals surface area contributed by atoms with Crippen LogP contribution >= 0.6 is 11.6 Å². The largest absolute Gasteiger partial charge is 0.449 e. The monoisotopic (exact) mass is 413 g/mol. The van der Waals surface area contributed by atoms with Gasteiger partial charge in [-0.1, -0.05) is 23.7 Å². The first-order valence-electron chi connectivity index (χ1n) is 7.94. The van der Waals surface area contributed by atoms with Crippen molar-refractivity contribution in [3.8, 4) is 5.75 Å². The van der Waals surface area contributed by atoms with Gasteiger partial charge in [0.15, 0.2) is 6.10 Å². The molecule has 0 spiro atoms. The van der Waals surface area contributed by atoms with E-state index in [1.54, 1.807) is 0 Å². The quantitative estimate of drug-likeness (QED) is 0.529. The van der Waals surface area contributed by atoms with Crippen molar-refractivity contribution in [3.63, 3.8) is 0 Å². The summed E-state index contributed by atoms with van der Waals surface area (Å²) in [5.41, 5.74) is 0.789. The topological polar surface area (TPSA) is 64.6 Å². The van der Waals surface area contributed by atoms with E-state index in [1.165, 1.54) is 55.5 Å². The second kappa shape index (κ2) is 9.80. The van der Waals surface area contributed by atoms with Crippen LogP contribution in [0.4, 0.5) is 18.9 Å². The number of rotatable bonds is 7. The normalized spacial score (nSPS) is 12.1. The summed E-state index contributed by atoms with van der Waals surface area (Å²) in [7, 11) is 0. The summed E-state index contributed by atoms with van der Waals surface area (Å²) < 4.78 is 46.4. The summed E-state index contributed by atoms with van der Waals surface area (Å²) in [5.74, 6) is -2.06. The van der Waals surface area contributed by atoms with Gasteiger partial charge in [-0.3, -0.25) is 4.79 Å². The Kier molecular flexibility index (Phi) is 7.45. The molecule has 0 aliphatic carbocycles. The maximum atomic E-state index is 12.8. The van der Waals surface area contributed by atoms with Crippen LogP contribution in [0.25, 0.3) is 6.08 Å². The van der Waals surface area contributed by atoms with Crippen molar-refractivity contribution in [2.45, 2.75) is 19.6 Å². The number of benzene rings is 2. The second-order valence-electron chi connectivity index (χ2n) is 5.48. The van der Waals surface area contributed by atoms with Crippen LogP contribution in [0.1, 0.15) is 12.5 Å². The Bertz CT molecular complexity index is 872. The van der Waals surface area contributed by atoms with E-state index in [4.69, 9.17) is 16.3 Å². The maximum absolute atomic E-state index is 12.8. The van der Waals surface area contributed by atoms with E-state index in [2.05, 4.69) is 10.1 Å². The average molecular weight is 414 g/mol. The van der Waals surface area contributed by atoms with E-state index in [0.29, 0.717) is 5.56 Å². The van der Waals surface area contributed by atoms with Gasteiger partial charge in [0, 0.05) is 11.8 Å². The Morgan fingerprint density at radius 3 is 2.43 bits per heavy atom. The molecule has 2 rings (SSSR count). The molecule has 0 saturated heterocycles. The zero-order valence-corrected chi connectivity index (χ0v) is 15.3. The van der Waals surface area contributed by atoms with Gasteiger partial charge in [-0.25, -0.2) is 9.18 Å². The molecule has 5 nitrogen and oxygen atoms in total. The Balaban J connectivity index is 1.90. The van der Waals surface area contributed by atoms with Crippen molar-refractivity contribution >= 4 is 35.2 Å². The number of carbonyl (C=O) groups excluding carboxylic acids is 2. The highest BCUT2D eigenvalue weighted by molar-refractivity contribution is 6.32. The molecule has 1 atom stereocenters. The molecule has 1 N–H and O–H groups in total. The molecule has 2 aromatic rings.